The zero-order valence-corrected chi connectivity index (χ0v) is 11.5. The molecule has 110 valence electrons. The maximum atomic E-state index is 11.8. The molecule has 0 bridgehead atoms. The third-order valence-electron chi connectivity index (χ3n) is 2.32. The van der Waals surface area contributed by atoms with Gasteiger partial charge < -0.3 is 15.7 Å². The molecule has 0 aliphatic heterocycles. The van der Waals surface area contributed by atoms with Crippen molar-refractivity contribution in [3.63, 3.8) is 0 Å². The summed E-state index contributed by atoms with van der Waals surface area (Å²) in [5, 5.41) is 13.2. The lowest BCUT2D eigenvalue weighted by molar-refractivity contribution is -0.137. The summed E-state index contributed by atoms with van der Waals surface area (Å²) in [6.07, 6.45) is 0. The first kappa shape index (κ1) is 15.9. The number of carboxylic acids is 1. The number of amides is 1. The molecule has 9 heteroatoms. The average Bonchev–Trinajstić information content (AvgIpc) is 2.43. The van der Waals surface area contributed by atoms with Crippen LogP contribution in [0.4, 0.5) is 5.69 Å². The van der Waals surface area contributed by atoms with Gasteiger partial charge in [0.05, 0.1) is 12.2 Å². The highest BCUT2D eigenvalue weighted by Gasteiger charge is 2.16. The first-order valence-corrected chi connectivity index (χ1v) is 7.10. The molecule has 0 aromatic heterocycles. The van der Waals surface area contributed by atoms with Crippen LogP contribution in [0.1, 0.15) is 0 Å². The number of benzene rings is 1. The van der Waals surface area contributed by atoms with Gasteiger partial charge in [-0.05, 0) is 19.2 Å². The number of carbonyl (C=O) groups is 2. The van der Waals surface area contributed by atoms with Gasteiger partial charge in [-0.2, -0.15) is 0 Å². The van der Waals surface area contributed by atoms with Crippen LogP contribution < -0.4 is 15.4 Å². The van der Waals surface area contributed by atoms with Crippen LogP contribution in [0.25, 0.3) is 0 Å². The van der Waals surface area contributed by atoms with E-state index in [2.05, 4.69) is 15.4 Å². The number of hydrogen-bond acceptors (Lipinski definition) is 5. The number of rotatable bonds is 7. The van der Waals surface area contributed by atoms with Crippen molar-refractivity contribution in [2.45, 2.75) is 4.90 Å². The number of carboxylic acid groups (broad SMARTS) is 1. The van der Waals surface area contributed by atoms with Gasteiger partial charge in [0.1, 0.15) is 11.4 Å². The molecule has 0 saturated carbocycles. The summed E-state index contributed by atoms with van der Waals surface area (Å²) in [6.45, 7) is -0.722. The van der Waals surface area contributed by atoms with E-state index in [-0.39, 0.29) is 17.1 Å². The Morgan fingerprint density at radius 3 is 2.45 bits per heavy atom. The number of nitrogens with one attached hydrogen (secondary N) is 3. The van der Waals surface area contributed by atoms with Gasteiger partial charge in [0, 0.05) is 0 Å². The zero-order chi connectivity index (χ0) is 15.2. The third-order valence-corrected chi connectivity index (χ3v) is 3.79. The number of carbonyl (C=O) groups excluding carboxylic acids is 1. The van der Waals surface area contributed by atoms with Gasteiger partial charge >= 0.3 is 5.97 Å². The molecular weight excluding hydrogens is 286 g/mol. The van der Waals surface area contributed by atoms with E-state index in [1.807, 2.05) is 0 Å². The fraction of sp³-hybridized carbons (Fsp3) is 0.273. The Labute approximate surface area is 116 Å². The maximum absolute atomic E-state index is 11.8. The lowest BCUT2D eigenvalue weighted by atomic mass is 10.3. The molecule has 4 N–H and O–H groups in total. The van der Waals surface area contributed by atoms with Crippen LogP contribution in [0.5, 0.6) is 0 Å². The molecule has 1 rings (SSSR count). The van der Waals surface area contributed by atoms with E-state index in [9.17, 15) is 18.0 Å². The van der Waals surface area contributed by atoms with Crippen molar-refractivity contribution >= 4 is 27.6 Å². The van der Waals surface area contributed by atoms with Gasteiger partial charge in [-0.15, -0.1) is 0 Å². The van der Waals surface area contributed by atoms with Crippen molar-refractivity contribution < 1.29 is 23.1 Å². The van der Waals surface area contributed by atoms with Crippen LogP contribution in [0.2, 0.25) is 0 Å². The molecule has 0 unspecified atom stereocenters. The van der Waals surface area contributed by atoms with Gasteiger partial charge in [-0.25, -0.2) is 13.1 Å². The molecule has 0 heterocycles. The van der Waals surface area contributed by atoms with Crippen molar-refractivity contribution in [3.05, 3.63) is 24.3 Å². The number of aliphatic carboxylic acids is 1. The lowest BCUT2D eigenvalue weighted by Crippen LogP contribution is -2.34. The van der Waals surface area contributed by atoms with Crippen molar-refractivity contribution in [2.75, 3.05) is 25.5 Å². The summed E-state index contributed by atoms with van der Waals surface area (Å²) in [4.78, 5) is 21.6. The van der Waals surface area contributed by atoms with Gasteiger partial charge in [-0.1, -0.05) is 12.1 Å². The Morgan fingerprint density at radius 1 is 1.20 bits per heavy atom. The molecule has 0 spiro atoms. The van der Waals surface area contributed by atoms with Gasteiger partial charge in [-0.3, -0.25) is 9.59 Å². The van der Waals surface area contributed by atoms with E-state index in [4.69, 9.17) is 5.11 Å². The smallest absolute Gasteiger partial charge is 0.322 e. The summed E-state index contributed by atoms with van der Waals surface area (Å²) in [5.74, 6) is -1.71. The zero-order valence-electron chi connectivity index (χ0n) is 10.7. The van der Waals surface area contributed by atoms with Crippen LogP contribution in [0.3, 0.4) is 0 Å². The van der Waals surface area contributed by atoms with E-state index in [1.54, 1.807) is 12.1 Å². The van der Waals surface area contributed by atoms with Crippen LogP contribution in [0, 0.1) is 0 Å². The number of para-hydroxylation sites is 1. The first-order valence-electron chi connectivity index (χ1n) is 5.62. The van der Waals surface area contributed by atoms with Crippen LogP contribution >= 0.6 is 0 Å². The Hall–Kier alpha value is -2.13. The first-order chi connectivity index (χ1) is 9.36. The minimum Gasteiger partial charge on any atom is -0.480 e. The van der Waals surface area contributed by atoms with Crippen LogP contribution in [-0.4, -0.2) is 45.5 Å². The monoisotopic (exact) mass is 301 g/mol. The Kier molecular flexibility index (Phi) is 5.47. The molecule has 0 aliphatic carbocycles. The molecular formula is C11H15N3O5S. The minimum absolute atomic E-state index is 0.00790. The Bertz CT molecular complexity index is 600. The summed E-state index contributed by atoms with van der Waals surface area (Å²) in [6, 6.07) is 6.07. The summed E-state index contributed by atoms with van der Waals surface area (Å²) >= 11 is 0. The predicted octanol–water partition coefficient (Wildman–Crippen LogP) is -0.793. The van der Waals surface area contributed by atoms with E-state index in [0.29, 0.717) is 0 Å². The average molecular weight is 301 g/mol. The molecule has 0 saturated heterocycles. The number of sulfonamides is 1. The molecule has 8 nitrogen and oxygen atoms in total. The second kappa shape index (κ2) is 6.87. The molecule has 0 atom stereocenters. The SMILES string of the molecule is CNS(=O)(=O)c1ccccc1NCC(=O)NCC(=O)O. The second-order valence-corrected chi connectivity index (χ2v) is 5.58. The summed E-state index contributed by atoms with van der Waals surface area (Å²) in [5.41, 5.74) is 0.257. The van der Waals surface area contributed by atoms with Crippen molar-refractivity contribution in [1.82, 2.24) is 10.0 Å². The topological polar surface area (TPSA) is 125 Å². The standard InChI is InChI=1S/C11H15N3O5S/c1-12-20(18,19)9-5-3-2-4-8(9)13-6-10(15)14-7-11(16)17/h2-5,12-13H,6-7H2,1H3,(H,14,15)(H,16,17). The van der Waals surface area contributed by atoms with E-state index in [0.717, 1.165) is 0 Å². The molecule has 1 aromatic rings. The number of hydrogen-bond donors (Lipinski definition) is 4. The van der Waals surface area contributed by atoms with Crippen molar-refractivity contribution in [3.8, 4) is 0 Å². The number of anilines is 1. The van der Waals surface area contributed by atoms with Crippen LogP contribution in [0.15, 0.2) is 29.2 Å². The highest BCUT2D eigenvalue weighted by atomic mass is 32.2. The largest absolute Gasteiger partial charge is 0.480 e. The van der Waals surface area contributed by atoms with E-state index >= 15 is 0 Å². The minimum atomic E-state index is -3.64. The van der Waals surface area contributed by atoms with Crippen LogP contribution in [-0.2, 0) is 19.6 Å². The lowest BCUT2D eigenvalue weighted by Gasteiger charge is -2.11. The fourth-order valence-corrected chi connectivity index (χ4v) is 2.28. The highest BCUT2D eigenvalue weighted by molar-refractivity contribution is 7.89. The molecule has 20 heavy (non-hydrogen) atoms. The molecule has 0 fully saturated rings. The Morgan fingerprint density at radius 2 is 1.85 bits per heavy atom. The second-order valence-electron chi connectivity index (χ2n) is 3.73. The van der Waals surface area contributed by atoms with E-state index in [1.165, 1.54) is 19.2 Å². The maximum Gasteiger partial charge on any atom is 0.322 e. The quantitative estimate of drug-likeness (QED) is 0.523. The van der Waals surface area contributed by atoms with E-state index < -0.39 is 28.4 Å². The Balaban J connectivity index is 2.74. The molecule has 1 aromatic carbocycles. The van der Waals surface area contributed by atoms with Crippen molar-refractivity contribution in [2.24, 2.45) is 0 Å². The highest BCUT2D eigenvalue weighted by Crippen LogP contribution is 2.19. The molecule has 1 amide bonds. The normalized spacial score (nSPS) is 10.8. The van der Waals surface area contributed by atoms with Gasteiger partial charge in [0.15, 0.2) is 0 Å². The fourth-order valence-electron chi connectivity index (χ4n) is 1.37. The predicted molar refractivity (Wildman–Crippen MR) is 71.8 cm³/mol. The third kappa shape index (κ3) is 4.52. The van der Waals surface area contributed by atoms with Gasteiger partial charge in [0.2, 0.25) is 15.9 Å². The van der Waals surface area contributed by atoms with Crippen molar-refractivity contribution in [1.29, 1.82) is 0 Å². The molecule has 0 radical (unpaired) electrons. The molecule has 0 aliphatic rings. The summed E-state index contributed by atoms with van der Waals surface area (Å²) in [7, 11) is -2.36. The van der Waals surface area contributed by atoms with Gasteiger partial charge in [0.25, 0.3) is 0 Å². The summed E-state index contributed by atoms with van der Waals surface area (Å²) < 4.78 is 25.7.